The summed E-state index contributed by atoms with van der Waals surface area (Å²) < 4.78 is 11.5. The van der Waals surface area contributed by atoms with Crippen molar-refractivity contribution >= 4 is 11.6 Å². The number of hydrogen-bond donors (Lipinski definition) is 0. The number of para-hydroxylation sites is 1. The van der Waals surface area contributed by atoms with Gasteiger partial charge in [0.25, 0.3) is 5.91 Å². The van der Waals surface area contributed by atoms with Crippen LogP contribution in [0.25, 0.3) is 0 Å². The lowest BCUT2D eigenvalue weighted by Crippen LogP contribution is -2.48. The van der Waals surface area contributed by atoms with Gasteiger partial charge in [-0.05, 0) is 43.7 Å². The molecule has 1 aliphatic heterocycles. The molecule has 0 aromatic heterocycles. The van der Waals surface area contributed by atoms with Crippen LogP contribution in [0.4, 0.5) is 5.69 Å². The molecule has 2 aromatic carbocycles. The molecule has 1 heterocycles. The molecule has 0 atom stereocenters. The fraction of sp³-hybridized carbons (Fsp3) is 0.435. The lowest BCUT2D eigenvalue weighted by Gasteiger charge is -2.36. The first-order valence-corrected chi connectivity index (χ1v) is 10.2. The third-order valence-electron chi connectivity index (χ3n) is 4.93. The summed E-state index contributed by atoms with van der Waals surface area (Å²) in [7, 11) is 0. The smallest absolute Gasteiger partial charge is 0.254 e. The molecule has 1 saturated heterocycles. The van der Waals surface area contributed by atoms with Gasteiger partial charge in [0.1, 0.15) is 0 Å². The van der Waals surface area contributed by atoms with Crippen molar-refractivity contribution in [3.63, 3.8) is 0 Å². The lowest BCUT2D eigenvalue weighted by atomic mass is 10.1. The fourth-order valence-corrected chi connectivity index (χ4v) is 3.34. The van der Waals surface area contributed by atoms with Gasteiger partial charge < -0.3 is 19.3 Å². The standard InChI is InChI=1S/C23H30N2O3/c1-3-5-17-28-21-12-11-19(18-22(21)27-4-2)23(26)25-15-13-24(14-16-25)20-9-7-6-8-10-20/h6-12,18H,3-5,13-17H2,1-2H3. The Kier molecular flexibility index (Phi) is 7.18. The van der Waals surface area contributed by atoms with E-state index < -0.39 is 0 Å². The van der Waals surface area contributed by atoms with Gasteiger partial charge in [0, 0.05) is 37.4 Å². The number of ether oxygens (including phenoxy) is 2. The van der Waals surface area contributed by atoms with Crippen LogP contribution >= 0.6 is 0 Å². The van der Waals surface area contributed by atoms with Crippen molar-refractivity contribution in [1.82, 2.24) is 4.90 Å². The average molecular weight is 383 g/mol. The van der Waals surface area contributed by atoms with Gasteiger partial charge in [-0.15, -0.1) is 0 Å². The number of piperazine rings is 1. The van der Waals surface area contributed by atoms with Gasteiger partial charge in [0.05, 0.1) is 13.2 Å². The molecule has 28 heavy (non-hydrogen) atoms. The number of carbonyl (C=O) groups is 1. The Labute approximate surface area is 167 Å². The van der Waals surface area contributed by atoms with Crippen molar-refractivity contribution in [2.45, 2.75) is 26.7 Å². The summed E-state index contributed by atoms with van der Waals surface area (Å²) in [5, 5.41) is 0. The van der Waals surface area contributed by atoms with E-state index in [1.165, 1.54) is 5.69 Å². The van der Waals surface area contributed by atoms with Crippen LogP contribution in [-0.4, -0.2) is 50.2 Å². The largest absolute Gasteiger partial charge is 0.490 e. The molecule has 0 N–H and O–H groups in total. The first-order valence-electron chi connectivity index (χ1n) is 10.2. The molecule has 0 radical (unpaired) electrons. The number of carbonyl (C=O) groups excluding carboxylic acids is 1. The van der Waals surface area contributed by atoms with Crippen molar-refractivity contribution in [1.29, 1.82) is 0 Å². The van der Waals surface area contributed by atoms with Crippen molar-refractivity contribution in [3.05, 3.63) is 54.1 Å². The van der Waals surface area contributed by atoms with Crippen molar-refractivity contribution in [2.75, 3.05) is 44.3 Å². The SMILES string of the molecule is CCCCOc1ccc(C(=O)N2CCN(c3ccccc3)CC2)cc1OCC. The van der Waals surface area contributed by atoms with E-state index in [4.69, 9.17) is 9.47 Å². The van der Waals surface area contributed by atoms with Crippen LogP contribution in [0.3, 0.4) is 0 Å². The lowest BCUT2D eigenvalue weighted by molar-refractivity contribution is 0.0746. The minimum atomic E-state index is 0.0498. The van der Waals surface area contributed by atoms with Crippen LogP contribution < -0.4 is 14.4 Å². The number of anilines is 1. The normalized spacial score (nSPS) is 14.1. The Morgan fingerprint density at radius 1 is 0.929 bits per heavy atom. The summed E-state index contributed by atoms with van der Waals surface area (Å²) in [5.41, 5.74) is 1.86. The third kappa shape index (κ3) is 4.97. The molecule has 0 saturated carbocycles. The van der Waals surface area contributed by atoms with Gasteiger partial charge in [0.2, 0.25) is 0 Å². The number of rotatable bonds is 8. The minimum Gasteiger partial charge on any atom is -0.490 e. The fourth-order valence-electron chi connectivity index (χ4n) is 3.34. The Balaban J connectivity index is 1.64. The molecule has 0 unspecified atom stereocenters. The number of unbranched alkanes of at least 4 members (excludes halogenated alkanes) is 1. The van der Waals surface area contributed by atoms with Gasteiger partial charge in [-0.25, -0.2) is 0 Å². The summed E-state index contributed by atoms with van der Waals surface area (Å²) in [5.74, 6) is 1.40. The maximum absolute atomic E-state index is 13.0. The van der Waals surface area contributed by atoms with Crippen LogP contribution in [-0.2, 0) is 0 Å². The molecule has 1 aliphatic rings. The van der Waals surface area contributed by atoms with Crippen molar-refractivity contribution < 1.29 is 14.3 Å². The predicted octanol–water partition coefficient (Wildman–Crippen LogP) is 4.23. The molecule has 5 heteroatoms. The van der Waals surface area contributed by atoms with E-state index >= 15 is 0 Å². The average Bonchev–Trinajstić information content (AvgIpc) is 2.75. The summed E-state index contributed by atoms with van der Waals surface area (Å²) in [4.78, 5) is 17.2. The van der Waals surface area contributed by atoms with Crippen LogP contribution in [0.1, 0.15) is 37.0 Å². The first kappa shape index (κ1) is 20.1. The van der Waals surface area contributed by atoms with Gasteiger partial charge >= 0.3 is 0 Å². The third-order valence-corrected chi connectivity index (χ3v) is 4.93. The number of amides is 1. The van der Waals surface area contributed by atoms with Crippen LogP contribution in [0.2, 0.25) is 0 Å². The van der Waals surface area contributed by atoms with Crippen molar-refractivity contribution in [3.8, 4) is 11.5 Å². The molecular weight excluding hydrogens is 352 g/mol. The second-order valence-corrected chi connectivity index (χ2v) is 6.91. The second kappa shape index (κ2) is 10.0. The zero-order chi connectivity index (χ0) is 19.8. The van der Waals surface area contributed by atoms with Crippen LogP contribution in [0.5, 0.6) is 11.5 Å². The molecule has 150 valence electrons. The maximum Gasteiger partial charge on any atom is 0.254 e. The summed E-state index contributed by atoms with van der Waals surface area (Å²) in [6.45, 7) is 8.37. The summed E-state index contributed by atoms with van der Waals surface area (Å²) in [6, 6.07) is 15.9. The monoisotopic (exact) mass is 382 g/mol. The second-order valence-electron chi connectivity index (χ2n) is 6.91. The van der Waals surface area contributed by atoms with Crippen molar-refractivity contribution in [2.24, 2.45) is 0 Å². The molecule has 5 nitrogen and oxygen atoms in total. The Bertz CT molecular complexity index is 756. The topological polar surface area (TPSA) is 42.0 Å². The highest BCUT2D eigenvalue weighted by Gasteiger charge is 2.23. The van der Waals surface area contributed by atoms with E-state index in [2.05, 4.69) is 24.0 Å². The van der Waals surface area contributed by atoms with E-state index in [9.17, 15) is 4.79 Å². The quantitative estimate of drug-likeness (QED) is 0.641. The van der Waals surface area contributed by atoms with E-state index in [1.54, 1.807) is 0 Å². The zero-order valence-corrected chi connectivity index (χ0v) is 16.9. The van der Waals surface area contributed by atoms with Crippen LogP contribution in [0.15, 0.2) is 48.5 Å². The highest BCUT2D eigenvalue weighted by molar-refractivity contribution is 5.95. The highest BCUT2D eigenvalue weighted by Crippen LogP contribution is 2.29. The molecule has 0 aliphatic carbocycles. The summed E-state index contributed by atoms with van der Waals surface area (Å²) >= 11 is 0. The van der Waals surface area contributed by atoms with Gasteiger partial charge in [-0.3, -0.25) is 4.79 Å². The number of benzene rings is 2. The highest BCUT2D eigenvalue weighted by atomic mass is 16.5. The first-order chi connectivity index (χ1) is 13.7. The molecule has 3 rings (SSSR count). The molecule has 1 fully saturated rings. The maximum atomic E-state index is 13.0. The molecular formula is C23H30N2O3. The Hall–Kier alpha value is -2.69. The van der Waals surface area contributed by atoms with E-state index in [0.717, 1.165) is 25.9 Å². The van der Waals surface area contributed by atoms with E-state index in [1.807, 2.05) is 48.2 Å². The number of hydrogen-bond acceptors (Lipinski definition) is 4. The Morgan fingerprint density at radius 3 is 2.36 bits per heavy atom. The summed E-state index contributed by atoms with van der Waals surface area (Å²) in [6.07, 6.45) is 2.08. The van der Waals surface area contributed by atoms with Gasteiger partial charge in [0.15, 0.2) is 11.5 Å². The predicted molar refractivity (Wildman–Crippen MR) is 113 cm³/mol. The number of nitrogens with zero attached hydrogens (tertiary/aromatic N) is 2. The zero-order valence-electron chi connectivity index (χ0n) is 16.9. The van der Waals surface area contributed by atoms with Gasteiger partial charge in [-0.2, -0.15) is 0 Å². The minimum absolute atomic E-state index is 0.0498. The molecule has 0 spiro atoms. The molecule has 1 amide bonds. The molecule has 0 bridgehead atoms. The van der Waals surface area contributed by atoms with Crippen LogP contribution in [0, 0.1) is 0 Å². The van der Waals surface area contributed by atoms with Gasteiger partial charge in [-0.1, -0.05) is 31.5 Å². The molecule has 2 aromatic rings. The van der Waals surface area contributed by atoms with E-state index in [0.29, 0.717) is 43.4 Å². The van der Waals surface area contributed by atoms with E-state index in [-0.39, 0.29) is 5.91 Å². The Morgan fingerprint density at radius 2 is 1.68 bits per heavy atom.